The average molecular weight is 400 g/mol. The Balaban J connectivity index is 1.84. The van der Waals surface area contributed by atoms with Crippen molar-refractivity contribution in [3.8, 4) is 0 Å². The maximum Gasteiger partial charge on any atom is 0.251 e. The summed E-state index contributed by atoms with van der Waals surface area (Å²) < 4.78 is 5.78. The SMILES string of the molecule is CCC(C)NC(=O)c1ccc(CNC(=NC)NCc2ncc(C(C)(C)C)o2)cc1. The molecule has 0 saturated carbocycles. The topological polar surface area (TPSA) is 91.5 Å². The van der Waals surface area contributed by atoms with Crippen molar-refractivity contribution >= 4 is 11.9 Å². The second kappa shape index (κ2) is 10.1. The fourth-order valence-corrected chi connectivity index (χ4v) is 2.49. The minimum Gasteiger partial charge on any atom is -0.443 e. The first-order valence-corrected chi connectivity index (χ1v) is 10.0. The van der Waals surface area contributed by atoms with Crippen LogP contribution in [0, 0.1) is 0 Å². The molecule has 0 aliphatic rings. The Kier molecular flexibility index (Phi) is 7.82. The van der Waals surface area contributed by atoms with Gasteiger partial charge in [-0.2, -0.15) is 0 Å². The van der Waals surface area contributed by atoms with Crippen LogP contribution in [-0.4, -0.2) is 29.9 Å². The molecule has 0 radical (unpaired) electrons. The van der Waals surface area contributed by atoms with Gasteiger partial charge in [0, 0.05) is 30.6 Å². The second-order valence-corrected chi connectivity index (χ2v) is 8.13. The molecule has 3 N–H and O–H groups in total. The van der Waals surface area contributed by atoms with E-state index in [9.17, 15) is 4.79 Å². The zero-order chi connectivity index (χ0) is 21.4. The molecule has 1 aromatic carbocycles. The van der Waals surface area contributed by atoms with Crippen molar-refractivity contribution in [3.05, 3.63) is 53.2 Å². The summed E-state index contributed by atoms with van der Waals surface area (Å²) in [5.41, 5.74) is 1.65. The molecule has 0 fully saturated rings. The van der Waals surface area contributed by atoms with E-state index in [2.05, 4.69) is 46.7 Å². The van der Waals surface area contributed by atoms with E-state index in [1.165, 1.54) is 0 Å². The monoisotopic (exact) mass is 399 g/mol. The van der Waals surface area contributed by atoms with Crippen molar-refractivity contribution in [2.75, 3.05) is 7.05 Å². The number of benzene rings is 1. The number of aromatic nitrogens is 1. The number of rotatable bonds is 7. The van der Waals surface area contributed by atoms with Gasteiger partial charge in [0.1, 0.15) is 5.76 Å². The molecule has 158 valence electrons. The van der Waals surface area contributed by atoms with Gasteiger partial charge < -0.3 is 20.4 Å². The molecule has 1 aromatic heterocycles. The van der Waals surface area contributed by atoms with Gasteiger partial charge in [-0.15, -0.1) is 0 Å². The highest BCUT2D eigenvalue weighted by Gasteiger charge is 2.19. The highest BCUT2D eigenvalue weighted by molar-refractivity contribution is 5.94. The maximum absolute atomic E-state index is 12.2. The Morgan fingerprint density at radius 2 is 1.83 bits per heavy atom. The molecule has 0 spiro atoms. The van der Waals surface area contributed by atoms with Crippen molar-refractivity contribution in [2.24, 2.45) is 4.99 Å². The fraction of sp³-hybridized carbons (Fsp3) is 0.500. The third-order valence-electron chi connectivity index (χ3n) is 4.59. The number of hydrogen-bond acceptors (Lipinski definition) is 4. The van der Waals surface area contributed by atoms with Crippen LogP contribution in [0.1, 0.15) is 68.6 Å². The minimum atomic E-state index is -0.0666. The Morgan fingerprint density at radius 1 is 1.17 bits per heavy atom. The van der Waals surface area contributed by atoms with Crippen LogP contribution in [0.3, 0.4) is 0 Å². The third-order valence-corrected chi connectivity index (χ3v) is 4.59. The standard InChI is InChI=1S/C22H33N5O2/c1-7-15(2)27-20(28)17-10-8-16(9-11-17)12-25-21(23-6)26-14-19-24-13-18(29-19)22(3,4)5/h8-11,13,15H,7,12,14H2,1-6H3,(H,27,28)(H2,23,25,26). The molecule has 1 atom stereocenters. The van der Waals surface area contributed by atoms with Crippen LogP contribution in [0.2, 0.25) is 0 Å². The van der Waals surface area contributed by atoms with Crippen molar-refractivity contribution in [1.82, 2.24) is 20.9 Å². The van der Waals surface area contributed by atoms with Crippen molar-refractivity contribution in [3.63, 3.8) is 0 Å². The van der Waals surface area contributed by atoms with Crippen molar-refractivity contribution in [1.29, 1.82) is 0 Å². The van der Waals surface area contributed by atoms with E-state index in [1.54, 1.807) is 13.2 Å². The summed E-state index contributed by atoms with van der Waals surface area (Å²) in [5.74, 6) is 2.08. The summed E-state index contributed by atoms with van der Waals surface area (Å²) in [6, 6.07) is 7.73. The number of oxazole rings is 1. The molecule has 1 unspecified atom stereocenters. The lowest BCUT2D eigenvalue weighted by Gasteiger charge is -2.14. The number of aliphatic imine (C=N–C) groups is 1. The lowest BCUT2D eigenvalue weighted by Crippen LogP contribution is -2.36. The predicted molar refractivity (Wildman–Crippen MR) is 116 cm³/mol. The fourth-order valence-electron chi connectivity index (χ4n) is 2.49. The number of nitrogens with zero attached hydrogens (tertiary/aromatic N) is 2. The van der Waals surface area contributed by atoms with E-state index in [0.29, 0.717) is 30.5 Å². The van der Waals surface area contributed by atoms with Gasteiger partial charge in [0.25, 0.3) is 5.91 Å². The van der Waals surface area contributed by atoms with Gasteiger partial charge in [-0.1, -0.05) is 39.8 Å². The summed E-state index contributed by atoms with van der Waals surface area (Å²) in [6.07, 6.45) is 2.68. The van der Waals surface area contributed by atoms with Crippen LogP contribution in [0.5, 0.6) is 0 Å². The smallest absolute Gasteiger partial charge is 0.251 e. The minimum absolute atomic E-state index is 0.0445. The first-order valence-electron chi connectivity index (χ1n) is 10.0. The van der Waals surface area contributed by atoms with Gasteiger partial charge in [-0.3, -0.25) is 9.79 Å². The third kappa shape index (κ3) is 6.93. The summed E-state index contributed by atoms with van der Waals surface area (Å²) in [6.45, 7) is 11.3. The number of guanidine groups is 1. The summed E-state index contributed by atoms with van der Waals surface area (Å²) in [4.78, 5) is 20.7. The first-order chi connectivity index (χ1) is 13.7. The summed E-state index contributed by atoms with van der Waals surface area (Å²) in [7, 11) is 1.72. The molecular weight excluding hydrogens is 366 g/mol. The average Bonchev–Trinajstić information content (AvgIpc) is 3.18. The van der Waals surface area contributed by atoms with Crippen molar-refractivity contribution < 1.29 is 9.21 Å². The molecule has 0 bridgehead atoms. The quantitative estimate of drug-likeness (QED) is 0.490. The van der Waals surface area contributed by atoms with E-state index in [1.807, 2.05) is 38.1 Å². The number of hydrogen-bond donors (Lipinski definition) is 3. The van der Waals surface area contributed by atoms with E-state index in [4.69, 9.17) is 4.42 Å². The molecule has 7 heteroatoms. The highest BCUT2D eigenvalue weighted by atomic mass is 16.4. The molecule has 2 rings (SSSR count). The number of carbonyl (C=O) groups is 1. The Hall–Kier alpha value is -2.83. The first kappa shape index (κ1) is 22.5. The molecule has 0 aliphatic heterocycles. The molecule has 0 aliphatic carbocycles. The van der Waals surface area contributed by atoms with Crippen LogP contribution < -0.4 is 16.0 Å². The van der Waals surface area contributed by atoms with Crippen LogP contribution in [0.25, 0.3) is 0 Å². The Bertz CT molecular complexity index is 818. The van der Waals surface area contributed by atoms with Crippen LogP contribution >= 0.6 is 0 Å². The van der Waals surface area contributed by atoms with E-state index in [-0.39, 0.29) is 17.4 Å². The molecule has 29 heavy (non-hydrogen) atoms. The molecular formula is C22H33N5O2. The lowest BCUT2D eigenvalue weighted by molar-refractivity contribution is 0.0939. The molecule has 7 nitrogen and oxygen atoms in total. The van der Waals surface area contributed by atoms with Crippen LogP contribution in [-0.2, 0) is 18.5 Å². The normalized spacial score (nSPS) is 13.1. The van der Waals surface area contributed by atoms with Gasteiger partial charge in [0.2, 0.25) is 5.89 Å². The van der Waals surface area contributed by atoms with Gasteiger partial charge in [-0.05, 0) is 31.0 Å². The van der Waals surface area contributed by atoms with E-state index >= 15 is 0 Å². The highest BCUT2D eigenvalue weighted by Crippen LogP contribution is 2.22. The second-order valence-electron chi connectivity index (χ2n) is 8.13. The van der Waals surface area contributed by atoms with Gasteiger partial charge in [0.15, 0.2) is 5.96 Å². The lowest BCUT2D eigenvalue weighted by atomic mass is 9.94. The van der Waals surface area contributed by atoms with E-state index in [0.717, 1.165) is 17.7 Å². The number of amides is 1. The maximum atomic E-state index is 12.2. The van der Waals surface area contributed by atoms with Gasteiger partial charge in [-0.25, -0.2) is 4.98 Å². The molecule has 1 heterocycles. The zero-order valence-electron chi connectivity index (χ0n) is 18.3. The van der Waals surface area contributed by atoms with Crippen molar-refractivity contribution in [2.45, 2.75) is 65.6 Å². The number of nitrogens with one attached hydrogen (secondary N) is 3. The zero-order valence-corrected chi connectivity index (χ0v) is 18.3. The number of carbonyl (C=O) groups excluding carboxylic acids is 1. The molecule has 2 aromatic rings. The largest absolute Gasteiger partial charge is 0.443 e. The van der Waals surface area contributed by atoms with Crippen LogP contribution in [0.4, 0.5) is 0 Å². The summed E-state index contributed by atoms with van der Waals surface area (Å²) >= 11 is 0. The Labute approximate surface area is 173 Å². The molecule has 0 saturated heterocycles. The van der Waals surface area contributed by atoms with Crippen LogP contribution in [0.15, 0.2) is 39.9 Å². The Morgan fingerprint density at radius 3 is 2.38 bits per heavy atom. The van der Waals surface area contributed by atoms with E-state index < -0.39 is 0 Å². The predicted octanol–water partition coefficient (Wildman–Crippen LogP) is 3.37. The van der Waals surface area contributed by atoms with Gasteiger partial charge >= 0.3 is 0 Å². The molecule has 1 amide bonds. The van der Waals surface area contributed by atoms with Gasteiger partial charge in [0.05, 0.1) is 12.7 Å². The summed E-state index contributed by atoms with van der Waals surface area (Å²) in [5, 5.41) is 9.42.